The maximum absolute atomic E-state index is 4.77. The van der Waals surface area contributed by atoms with E-state index in [2.05, 4.69) is 77.6 Å². The summed E-state index contributed by atoms with van der Waals surface area (Å²) in [4.78, 5) is 4.18. The Labute approximate surface area is 226 Å². The van der Waals surface area contributed by atoms with Crippen molar-refractivity contribution in [3.05, 3.63) is 75.8 Å². The number of thiocarbonyl (C=S) groups is 1. The van der Waals surface area contributed by atoms with Crippen LogP contribution in [0.5, 0.6) is 0 Å². The minimum absolute atomic E-state index is 0.365. The molecule has 1 aliphatic carbocycles. The van der Waals surface area contributed by atoms with Crippen LogP contribution in [0, 0.1) is 29.6 Å². The van der Waals surface area contributed by atoms with E-state index in [0.717, 1.165) is 59.0 Å². The second kappa shape index (κ2) is 11.5. The normalized spacial score (nSPS) is 14.6. The minimum Gasteiger partial charge on any atom is -0.195 e. The number of hydrogen-bond acceptors (Lipinski definition) is 2. The van der Waals surface area contributed by atoms with Gasteiger partial charge in [0.2, 0.25) is 0 Å². The Morgan fingerprint density at radius 3 is 2.43 bits per heavy atom. The van der Waals surface area contributed by atoms with Crippen LogP contribution in [-0.2, 0) is 12.8 Å². The van der Waals surface area contributed by atoms with Gasteiger partial charge in [0.25, 0.3) is 0 Å². The highest BCUT2D eigenvalue weighted by atomic mass is 32.1. The zero-order valence-electron chi connectivity index (χ0n) is 21.3. The molecule has 0 spiro atoms. The fraction of sp³-hybridized carbons (Fsp3) is 0.207. The van der Waals surface area contributed by atoms with Gasteiger partial charge in [0.15, 0.2) is 0 Å². The molecule has 0 saturated heterocycles. The van der Waals surface area contributed by atoms with Gasteiger partial charge in [-0.05, 0) is 90.1 Å². The molecule has 1 aliphatic rings. The van der Waals surface area contributed by atoms with Crippen LogP contribution in [0.3, 0.4) is 0 Å². The number of fused-ring (bicyclic) bond motifs is 1. The molecule has 0 saturated carbocycles. The predicted octanol–water partition coefficient (Wildman–Crippen LogP) is -0.840. The van der Waals surface area contributed by atoms with E-state index < -0.39 is 0 Å². The molecule has 1 atom stereocenters. The number of aliphatic imine (C=N–C) groups is 1. The molecule has 1 unspecified atom stereocenters. The summed E-state index contributed by atoms with van der Waals surface area (Å²) >= 11 is 4.77. The fourth-order valence-electron chi connectivity index (χ4n) is 4.96. The average Bonchev–Trinajstić information content (AvgIpc) is 2.84. The maximum atomic E-state index is 4.77. The molecule has 174 valence electrons. The quantitative estimate of drug-likeness (QED) is 0.180. The zero-order chi connectivity index (χ0) is 24.9. The van der Waals surface area contributed by atoms with Crippen molar-refractivity contribution in [1.29, 1.82) is 0 Å². The smallest absolute Gasteiger partial charge is 0.0725 e. The summed E-state index contributed by atoms with van der Waals surface area (Å²) < 4.78 is 0. The van der Waals surface area contributed by atoms with Crippen molar-refractivity contribution in [1.82, 2.24) is 0 Å². The fourth-order valence-corrected chi connectivity index (χ4v) is 9.08. The molecule has 35 heavy (non-hydrogen) atoms. The van der Waals surface area contributed by atoms with E-state index >= 15 is 0 Å². The van der Waals surface area contributed by atoms with Gasteiger partial charge in [-0.25, -0.2) is 0 Å². The molecule has 0 radical (unpaired) electrons. The molecule has 4 rings (SSSR count). The van der Waals surface area contributed by atoms with Crippen LogP contribution in [0.2, 0.25) is 6.55 Å². The Morgan fingerprint density at radius 1 is 0.943 bits per heavy atom. The van der Waals surface area contributed by atoms with E-state index in [-0.39, 0.29) is 9.52 Å². The van der Waals surface area contributed by atoms with Crippen molar-refractivity contribution >= 4 is 84.1 Å². The first-order valence-corrected chi connectivity index (χ1v) is 17.9. The molecular formula is C29H31NSSi4. The third-order valence-corrected chi connectivity index (χ3v) is 11.1. The van der Waals surface area contributed by atoms with Crippen LogP contribution < -0.4 is 20.7 Å². The number of nitrogens with zero attached hydrogens (tertiary/aromatic N) is 1. The van der Waals surface area contributed by atoms with Crippen LogP contribution in [-0.4, -0.2) is 45.4 Å². The summed E-state index contributed by atoms with van der Waals surface area (Å²) in [6.45, 7) is 4.63. The molecule has 0 heterocycles. The van der Waals surface area contributed by atoms with Gasteiger partial charge in [0.1, 0.15) is 0 Å². The van der Waals surface area contributed by atoms with Crippen molar-refractivity contribution in [2.24, 2.45) is 10.9 Å². The van der Waals surface area contributed by atoms with Gasteiger partial charge in [-0.15, -0.1) is 0 Å². The third-order valence-electron chi connectivity index (χ3n) is 6.98. The molecule has 3 aromatic rings. The van der Waals surface area contributed by atoms with E-state index in [4.69, 9.17) is 12.2 Å². The number of hydrogen-bond donors (Lipinski definition) is 0. The lowest BCUT2D eigenvalue weighted by Crippen LogP contribution is -2.30. The zero-order valence-corrected chi connectivity index (χ0v) is 29.5. The number of isothiocyanates is 1. The first-order valence-electron chi connectivity index (χ1n) is 12.4. The Hall–Kier alpha value is -2.55. The summed E-state index contributed by atoms with van der Waals surface area (Å²) in [6.07, 6.45) is 3.79. The van der Waals surface area contributed by atoms with Crippen molar-refractivity contribution < 1.29 is 0 Å². The Morgan fingerprint density at radius 2 is 1.69 bits per heavy atom. The number of benzene rings is 3. The lowest BCUT2D eigenvalue weighted by Gasteiger charge is -2.25. The van der Waals surface area contributed by atoms with Gasteiger partial charge >= 0.3 is 0 Å². The third kappa shape index (κ3) is 5.99. The van der Waals surface area contributed by atoms with Gasteiger partial charge in [-0.2, -0.15) is 4.99 Å². The van der Waals surface area contributed by atoms with Crippen LogP contribution in [0.25, 0.3) is 0 Å². The van der Waals surface area contributed by atoms with Gasteiger partial charge in [0.05, 0.1) is 20.4 Å². The van der Waals surface area contributed by atoms with Crippen LogP contribution in [0.1, 0.15) is 46.7 Å². The molecule has 0 aromatic heterocycles. The molecule has 6 heteroatoms. The highest BCUT2D eigenvalue weighted by molar-refractivity contribution is 7.78. The van der Waals surface area contributed by atoms with E-state index in [0.29, 0.717) is 0 Å². The molecule has 0 N–H and O–H groups in total. The standard InChI is InChI=1S/C29H31NSSi4/c1-18-3-10-23-22(13-18)16-27(33)24(29(23)34)11-6-19-4-8-21(26(32)14-19)9-5-20-7-12-25(30-17-31)28(15-20)35-2/h4,7-8,12,14-16,18H,3,10,13,35H2,1-2,32-34H3. The van der Waals surface area contributed by atoms with E-state index in [1.165, 1.54) is 40.4 Å². The van der Waals surface area contributed by atoms with E-state index in [1.807, 2.05) is 12.1 Å². The SMILES string of the molecule is C[SiH2]c1cc(C#Cc2ccc(C#Cc3c([SiH3])cc4c(c3[SiH3])CCC(C)C4)cc2[SiH3])ccc1N=C=S. The van der Waals surface area contributed by atoms with Crippen molar-refractivity contribution in [3.8, 4) is 23.7 Å². The molecule has 0 aliphatic heterocycles. The summed E-state index contributed by atoms with van der Waals surface area (Å²) in [5.74, 6) is 14.6. The van der Waals surface area contributed by atoms with E-state index in [1.54, 1.807) is 16.3 Å². The first kappa shape index (κ1) is 25.5. The molecule has 0 amide bonds. The van der Waals surface area contributed by atoms with Crippen molar-refractivity contribution in [2.45, 2.75) is 32.7 Å². The second-order valence-corrected chi connectivity index (χ2v) is 14.4. The summed E-state index contributed by atoms with van der Waals surface area (Å²) in [7, 11) is 2.70. The Bertz CT molecular complexity index is 1480. The first-order chi connectivity index (χ1) is 16.9. The summed E-state index contributed by atoms with van der Waals surface area (Å²) in [5, 5.41) is 8.08. The Kier molecular flexibility index (Phi) is 8.36. The Balaban J connectivity index is 1.58. The summed E-state index contributed by atoms with van der Waals surface area (Å²) in [5.41, 5.74) is 8.71. The van der Waals surface area contributed by atoms with Gasteiger partial charge in [-0.1, -0.05) is 58.8 Å². The molecule has 0 fully saturated rings. The van der Waals surface area contributed by atoms with Crippen LogP contribution in [0.4, 0.5) is 5.69 Å². The topological polar surface area (TPSA) is 12.4 Å². The van der Waals surface area contributed by atoms with Crippen LogP contribution in [0.15, 0.2) is 47.5 Å². The highest BCUT2D eigenvalue weighted by Gasteiger charge is 2.19. The summed E-state index contributed by atoms with van der Waals surface area (Å²) in [6, 6.07) is 15.1. The predicted molar refractivity (Wildman–Crippen MR) is 170 cm³/mol. The van der Waals surface area contributed by atoms with Crippen molar-refractivity contribution in [3.63, 3.8) is 0 Å². The second-order valence-electron chi connectivity index (χ2n) is 9.61. The van der Waals surface area contributed by atoms with Gasteiger partial charge in [0, 0.05) is 53.0 Å². The largest absolute Gasteiger partial charge is 0.195 e. The minimum atomic E-state index is -0.365. The molecule has 0 bridgehead atoms. The van der Waals surface area contributed by atoms with E-state index in [9.17, 15) is 0 Å². The number of rotatable bonds is 2. The van der Waals surface area contributed by atoms with Gasteiger partial charge < -0.3 is 0 Å². The van der Waals surface area contributed by atoms with Crippen LogP contribution >= 0.6 is 12.2 Å². The van der Waals surface area contributed by atoms with Crippen molar-refractivity contribution in [2.75, 3.05) is 0 Å². The molecule has 1 nitrogen and oxygen atoms in total. The highest BCUT2D eigenvalue weighted by Crippen LogP contribution is 2.23. The lowest BCUT2D eigenvalue weighted by atomic mass is 9.84. The monoisotopic (exact) mass is 537 g/mol. The maximum Gasteiger partial charge on any atom is 0.0725 e. The van der Waals surface area contributed by atoms with Gasteiger partial charge in [-0.3, -0.25) is 0 Å². The molecule has 3 aromatic carbocycles. The lowest BCUT2D eigenvalue weighted by molar-refractivity contribution is 0.503. The molecular weight excluding hydrogens is 507 g/mol. The average molecular weight is 538 g/mol.